The summed E-state index contributed by atoms with van der Waals surface area (Å²) in [6, 6.07) is 14.3. The fourth-order valence-electron chi connectivity index (χ4n) is 2.71. The summed E-state index contributed by atoms with van der Waals surface area (Å²) in [5.74, 6) is -0.0196. The van der Waals surface area contributed by atoms with Crippen LogP contribution in [0.3, 0.4) is 0 Å². The second-order valence-corrected chi connectivity index (χ2v) is 7.74. The van der Waals surface area contributed by atoms with Crippen LogP contribution in [0.25, 0.3) is 0 Å². The van der Waals surface area contributed by atoms with Gasteiger partial charge in [-0.2, -0.15) is 9.97 Å². The van der Waals surface area contributed by atoms with E-state index in [1.165, 1.54) is 14.2 Å². The first-order valence-corrected chi connectivity index (χ1v) is 10.4. The first-order valence-electron chi connectivity index (χ1n) is 9.18. The van der Waals surface area contributed by atoms with E-state index < -0.39 is 5.97 Å². The van der Waals surface area contributed by atoms with Gasteiger partial charge in [0.25, 0.3) is 0 Å². The van der Waals surface area contributed by atoms with Crippen molar-refractivity contribution in [2.24, 2.45) is 5.16 Å². The number of ether oxygens (including phenoxy) is 2. The quantitative estimate of drug-likeness (QED) is 0.185. The molecule has 9 heteroatoms. The minimum atomic E-state index is -0.684. The van der Waals surface area contributed by atoms with Crippen LogP contribution < -0.4 is 9.47 Å². The molecule has 0 aliphatic carbocycles. The lowest BCUT2D eigenvalue weighted by molar-refractivity contribution is 0.0512. The number of carbonyl (C=O) groups excluding carboxylic acids is 1. The Labute approximate surface area is 196 Å². The first kappa shape index (κ1) is 25.2. The van der Waals surface area contributed by atoms with E-state index in [9.17, 15) is 4.79 Å². The lowest BCUT2D eigenvalue weighted by atomic mass is 10.1. The van der Waals surface area contributed by atoms with Gasteiger partial charge in [0.2, 0.25) is 11.8 Å². The number of carbonyl (C=O) groups is 1. The molecule has 0 fully saturated rings. The molecule has 3 aromatic rings. The Bertz CT molecular complexity index is 1120. The summed E-state index contributed by atoms with van der Waals surface area (Å²) in [7, 11) is 2.99. The van der Waals surface area contributed by atoms with Crippen molar-refractivity contribution in [1.82, 2.24) is 9.97 Å². The number of halogens is 1. The number of aryl methyl sites for hydroxylation is 1. The summed E-state index contributed by atoms with van der Waals surface area (Å²) in [5.41, 5.74) is 2.66. The normalized spacial score (nSPS) is 10.8. The van der Waals surface area contributed by atoms with Gasteiger partial charge in [-0.25, -0.2) is 4.79 Å². The predicted molar refractivity (Wildman–Crippen MR) is 126 cm³/mol. The number of rotatable bonds is 7. The Kier molecular flexibility index (Phi) is 9.04. The fourth-order valence-corrected chi connectivity index (χ4v) is 3.93. The molecule has 7 nitrogen and oxygen atoms in total. The molecule has 0 bridgehead atoms. The van der Waals surface area contributed by atoms with Crippen molar-refractivity contribution >= 4 is 35.0 Å². The highest BCUT2D eigenvalue weighted by molar-refractivity contribution is 7.99. The molecule has 1 aromatic heterocycles. The van der Waals surface area contributed by atoms with Gasteiger partial charge in [-0.05, 0) is 43.3 Å². The van der Waals surface area contributed by atoms with E-state index in [0.717, 1.165) is 22.9 Å². The topological polar surface area (TPSA) is 82.9 Å². The van der Waals surface area contributed by atoms with Gasteiger partial charge in [-0.3, -0.25) is 0 Å². The summed E-state index contributed by atoms with van der Waals surface area (Å²) in [4.78, 5) is 27.1. The Morgan fingerprint density at radius 2 is 1.69 bits per heavy atom. The van der Waals surface area contributed by atoms with Crippen LogP contribution in [0.4, 0.5) is 0 Å². The van der Waals surface area contributed by atoms with E-state index in [2.05, 4.69) is 15.1 Å². The predicted octanol–water partition coefficient (Wildman–Crippen LogP) is 5.82. The minimum absolute atomic E-state index is 0. The zero-order valence-electron chi connectivity index (χ0n) is 17.4. The van der Waals surface area contributed by atoms with Crippen molar-refractivity contribution < 1.29 is 19.1 Å². The van der Waals surface area contributed by atoms with Crippen molar-refractivity contribution in [1.29, 1.82) is 0 Å². The van der Waals surface area contributed by atoms with Crippen LogP contribution in [-0.4, -0.2) is 35.9 Å². The van der Waals surface area contributed by atoms with Gasteiger partial charge < -0.3 is 14.3 Å². The second kappa shape index (κ2) is 11.5. The zero-order chi connectivity index (χ0) is 22.4. The van der Waals surface area contributed by atoms with E-state index >= 15 is 0 Å². The Morgan fingerprint density at radius 3 is 2.31 bits per heavy atom. The molecule has 3 rings (SSSR count). The third kappa shape index (κ3) is 5.99. The molecule has 0 aliphatic rings. The Balaban J connectivity index is 0.00000363. The number of aromatic nitrogens is 2. The van der Waals surface area contributed by atoms with Crippen LogP contribution in [0.1, 0.15) is 35.8 Å². The summed E-state index contributed by atoms with van der Waals surface area (Å²) >= 11 is 7.45. The lowest BCUT2D eigenvalue weighted by Gasteiger charge is -2.10. The molecule has 0 radical (unpaired) electrons. The van der Waals surface area contributed by atoms with E-state index in [0.29, 0.717) is 27.5 Å². The van der Waals surface area contributed by atoms with E-state index in [1.54, 1.807) is 31.2 Å². The smallest absolute Gasteiger partial charge is 0.368 e. The molecule has 2 aromatic carbocycles. The summed E-state index contributed by atoms with van der Waals surface area (Å²) < 4.78 is 10.3. The highest BCUT2D eigenvalue weighted by Crippen LogP contribution is 2.34. The molecular formula is C23H24ClN3O4S. The summed E-state index contributed by atoms with van der Waals surface area (Å²) in [6.45, 7) is 3.73. The molecule has 0 N–H and O–H groups in total. The molecule has 1 heterocycles. The number of oxime groups is 1. The fraction of sp³-hybridized carbons (Fsp3) is 0.217. The van der Waals surface area contributed by atoms with Gasteiger partial charge in [0, 0.05) is 10.5 Å². The molecule has 0 amide bonds. The van der Waals surface area contributed by atoms with Crippen LogP contribution in [0.15, 0.2) is 63.7 Å². The molecular weight excluding hydrogens is 450 g/mol. The van der Waals surface area contributed by atoms with E-state index in [1.807, 2.05) is 31.2 Å². The van der Waals surface area contributed by atoms with Crippen molar-refractivity contribution in [2.45, 2.75) is 31.3 Å². The maximum absolute atomic E-state index is 12.8. The van der Waals surface area contributed by atoms with Crippen LogP contribution in [0, 0.1) is 6.92 Å². The van der Waals surface area contributed by atoms with Crippen molar-refractivity contribution in [3.63, 3.8) is 0 Å². The van der Waals surface area contributed by atoms with Gasteiger partial charge in [0.05, 0.1) is 36.6 Å². The third-order valence-electron chi connectivity index (χ3n) is 4.26. The SMILES string of the molecule is C.COc1cc(OC)nc(Sc2cccc(Cl)c2C(=O)O/N=C(\C)c2ccccc2C)n1. The second-order valence-electron chi connectivity index (χ2n) is 6.32. The molecule has 0 saturated heterocycles. The number of methoxy groups -OCH3 is 2. The zero-order valence-corrected chi connectivity index (χ0v) is 19.0. The van der Waals surface area contributed by atoms with Crippen LogP contribution in [0.2, 0.25) is 5.02 Å². The number of nitrogens with zero attached hydrogens (tertiary/aromatic N) is 3. The lowest BCUT2D eigenvalue weighted by Crippen LogP contribution is -2.07. The number of hydrogen-bond acceptors (Lipinski definition) is 8. The average Bonchev–Trinajstić information content (AvgIpc) is 2.77. The maximum Gasteiger partial charge on any atom is 0.368 e. The van der Waals surface area contributed by atoms with Gasteiger partial charge in [0.1, 0.15) is 0 Å². The molecule has 0 spiro atoms. The first-order chi connectivity index (χ1) is 14.9. The molecule has 168 valence electrons. The van der Waals surface area contributed by atoms with E-state index in [-0.39, 0.29) is 18.0 Å². The van der Waals surface area contributed by atoms with Gasteiger partial charge in [-0.1, -0.05) is 54.5 Å². The Morgan fingerprint density at radius 1 is 1.03 bits per heavy atom. The molecule has 0 unspecified atom stereocenters. The highest BCUT2D eigenvalue weighted by atomic mass is 35.5. The maximum atomic E-state index is 12.8. The van der Waals surface area contributed by atoms with Gasteiger partial charge in [0.15, 0.2) is 5.16 Å². The van der Waals surface area contributed by atoms with Crippen molar-refractivity contribution in [3.05, 3.63) is 70.2 Å². The monoisotopic (exact) mass is 473 g/mol. The van der Waals surface area contributed by atoms with Gasteiger partial charge in [-0.15, -0.1) is 0 Å². The van der Waals surface area contributed by atoms with Crippen molar-refractivity contribution in [3.8, 4) is 11.8 Å². The standard InChI is InChI=1S/C22H20ClN3O4S.CH4/c1-13-8-5-6-9-15(13)14(2)26-30-21(27)20-16(23)10-7-11-17(20)31-22-24-18(28-3)12-19(25-22)29-4;/h5-12H,1-4H3;1H4/b26-14+;. The average molecular weight is 474 g/mol. The van der Waals surface area contributed by atoms with Crippen LogP contribution >= 0.6 is 23.4 Å². The Hall–Kier alpha value is -3.10. The molecule has 0 aliphatic heterocycles. The van der Waals surface area contributed by atoms with Crippen molar-refractivity contribution in [2.75, 3.05) is 14.2 Å². The van der Waals surface area contributed by atoms with Crippen LogP contribution in [0.5, 0.6) is 11.8 Å². The van der Waals surface area contributed by atoms with Crippen LogP contribution in [-0.2, 0) is 4.84 Å². The molecule has 0 atom stereocenters. The minimum Gasteiger partial charge on any atom is -0.481 e. The highest BCUT2D eigenvalue weighted by Gasteiger charge is 2.20. The summed E-state index contributed by atoms with van der Waals surface area (Å²) in [5, 5.41) is 4.56. The number of hydrogen-bond donors (Lipinski definition) is 0. The molecule has 0 saturated carbocycles. The largest absolute Gasteiger partial charge is 0.481 e. The third-order valence-corrected chi connectivity index (χ3v) is 5.50. The van der Waals surface area contributed by atoms with Gasteiger partial charge >= 0.3 is 5.97 Å². The summed E-state index contributed by atoms with van der Waals surface area (Å²) in [6.07, 6.45) is 0. The van der Waals surface area contributed by atoms with E-state index in [4.69, 9.17) is 25.9 Å². The number of benzene rings is 2. The molecule has 32 heavy (non-hydrogen) atoms.